The summed E-state index contributed by atoms with van der Waals surface area (Å²) >= 11 is 6.00. The van der Waals surface area contributed by atoms with Crippen LogP contribution in [0, 0.1) is 25.2 Å². The van der Waals surface area contributed by atoms with E-state index in [2.05, 4.69) is 11.2 Å². The second-order valence-electron chi connectivity index (χ2n) is 3.32. The Morgan fingerprint density at radius 2 is 2.14 bits per heavy atom. The van der Waals surface area contributed by atoms with Gasteiger partial charge in [-0.05, 0) is 26.7 Å². The molecule has 14 heavy (non-hydrogen) atoms. The lowest BCUT2D eigenvalue weighted by molar-refractivity contribution is 0.547. The first-order valence-corrected chi connectivity index (χ1v) is 5.11. The van der Waals surface area contributed by atoms with Crippen molar-refractivity contribution in [3.63, 3.8) is 0 Å². The van der Waals surface area contributed by atoms with E-state index < -0.39 is 0 Å². The lowest BCUT2D eigenvalue weighted by atomic mass is 10.2. The van der Waals surface area contributed by atoms with Gasteiger partial charge in [-0.1, -0.05) is 11.6 Å². The SMILES string of the molecule is Cc1nn(CCCCC#N)c(C)c1Cl. The summed E-state index contributed by atoms with van der Waals surface area (Å²) in [4.78, 5) is 0. The highest BCUT2D eigenvalue weighted by Crippen LogP contribution is 2.19. The van der Waals surface area contributed by atoms with Gasteiger partial charge in [0.2, 0.25) is 0 Å². The Morgan fingerprint density at radius 3 is 2.64 bits per heavy atom. The van der Waals surface area contributed by atoms with Crippen molar-refractivity contribution in [2.75, 3.05) is 0 Å². The molecule has 0 aliphatic carbocycles. The van der Waals surface area contributed by atoms with Crippen LogP contribution in [0.4, 0.5) is 0 Å². The van der Waals surface area contributed by atoms with Crippen LogP contribution in [0.15, 0.2) is 0 Å². The third-order valence-electron chi connectivity index (χ3n) is 2.20. The average molecular weight is 212 g/mol. The molecule has 0 N–H and O–H groups in total. The fourth-order valence-corrected chi connectivity index (χ4v) is 1.49. The van der Waals surface area contributed by atoms with Gasteiger partial charge in [0, 0.05) is 13.0 Å². The number of aryl methyl sites for hydroxylation is 2. The predicted octanol–water partition coefficient (Wildman–Crippen LogP) is 2.85. The number of halogens is 1. The Bertz CT molecular complexity index is 349. The standard InChI is InChI=1S/C10H14ClN3/c1-8-10(11)9(2)14(13-8)7-5-3-4-6-12/h3-5,7H2,1-2H3. The summed E-state index contributed by atoms with van der Waals surface area (Å²) in [6, 6.07) is 2.13. The van der Waals surface area contributed by atoms with Crippen molar-refractivity contribution < 1.29 is 0 Å². The molecule has 4 heteroatoms. The number of nitrogens with zero attached hydrogens (tertiary/aromatic N) is 3. The summed E-state index contributed by atoms with van der Waals surface area (Å²) in [5.74, 6) is 0. The number of hydrogen-bond donors (Lipinski definition) is 0. The topological polar surface area (TPSA) is 41.6 Å². The predicted molar refractivity (Wildman–Crippen MR) is 56.2 cm³/mol. The van der Waals surface area contributed by atoms with Crippen LogP contribution in [0.2, 0.25) is 5.02 Å². The van der Waals surface area contributed by atoms with Crippen molar-refractivity contribution in [1.82, 2.24) is 9.78 Å². The van der Waals surface area contributed by atoms with Crippen molar-refractivity contribution in [2.45, 2.75) is 39.7 Å². The van der Waals surface area contributed by atoms with Crippen LogP contribution >= 0.6 is 11.6 Å². The van der Waals surface area contributed by atoms with Crippen LogP contribution < -0.4 is 0 Å². The third-order valence-corrected chi connectivity index (χ3v) is 2.75. The first-order valence-electron chi connectivity index (χ1n) is 4.73. The van der Waals surface area contributed by atoms with E-state index in [-0.39, 0.29) is 0 Å². The first kappa shape index (κ1) is 11.1. The van der Waals surface area contributed by atoms with Crippen LogP contribution in [-0.4, -0.2) is 9.78 Å². The molecule has 1 rings (SSSR count). The molecule has 0 atom stereocenters. The number of unbranched alkanes of at least 4 members (excludes halogenated alkanes) is 2. The van der Waals surface area contributed by atoms with Crippen molar-refractivity contribution in [2.24, 2.45) is 0 Å². The molecule has 0 aromatic carbocycles. The molecule has 1 heterocycles. The highest BCUT2D eigenvalue weighted by atomic mass is 35.5. The minimum atomic E-state index is 0.618. The van der Waals surface area contributed by atoms with E-state index in [0.717, 1.165) is 35.8 Å². The van der Waals surface area contributed by atoms with Gasteiger partial charge in [0.1, 0.15) is 0 Å². The van der Waals surface area contributed by atoms with Crippen molar-refractivity contribution in [1.29, 1.82) is 5.26 Å². The van der Waals surface area contributed by atoms with Gasteiger partial charge >= 0.3 is 0 Å². The quantitative estimate of drug-likeness (QED) is 0.719. The Balaban J connectivity index is 2.52. The minimum Gasteiger partial charge on any atom is -0.268 e. The molecular formula is C10H14ClN3. The molecular weight excluding hydrogens is 198 g/mol. The Labute approximate surface area is 89.3 Å². The van der Waals surface area contributed by atoms with E-state index >= 15 is 0 Å². The molecule has 0 bridgehead atoms. The summed E-state index contributed by atoms with van der Waals surface area (Å²) in [5.41, 5.74) is 1.89. The summed E-state index contributed by atoms with van der Waals surface area (Å²) in [6.07, 6.45) is 2.52. The maximum absolute atomic E-state index is 8.37. The molecule has 0 radical (unpaired) electrons. The Kier molecular flexibility index (Phi) is 3.97. The lowest BCUT2D eigenvalue weighted by Gasteiger charge is -2.02. The van der Waals surface area contributed by atoms with E-state index in [1.807, 2.05) is 18.5 Å². The van der Waals surface area contributed by atoms with Crippen LogP contribution in [0.5, 0.6) is 0 Å². The molecule has 0 amide bonds. The molecule has 0 saturated carbocycles. The Morgan fingerprint density at radius 1 is 1.43 bits per heavy atom. The van der Waals surface area contributed by atoms with Crippen molar-refractivity contribution in [3.8, 4) is 6.07 Å². The highest BCUT2D eigenvalue weighted by molar-refractivity contribution is 6.31. The maximum Gasteiger partial charge on any atom is 0.0844 e. The summed E-state index contributed by atoms with van der Waals surface area (Å²) in [7, 11) is 0. The van der Waals surface area contributed by atoms with E-state index in [1.54, 1.807) is 0 Å². The minimum absolute atomic E-state index is 0.618. The smallest absolute Gasteiger partial charge is 0.0844 e. The zero-order chi connectivity index (χ0) is 10.6. The van der Waals surface area contributed by atoms with Crippen molar-refractivity contribution >= 4 is 11.6 Å². The van der Waals surface area contributed by atoms with Crippen molar-refractivity contribution in [3.05, 3.63) is 16.4 Å². The lowest BCUT2D eigenvalue weighted by Crippen LogP contribution is -2.02. The zero-order valence-electron chi connectivity index (χ0n) is 8.55. The zero-order valence-corrected chi connectivity index (χ0v) is 9.30. The normalized spacial score (nSPS) is 10.1. The average Bonchev–Trinajstić information content (AvgIpc) is 2.41. The molecule has 0 aliphatic rings. The molecule has 76 valence electrons. The second-order valence-corrected chi connectivity index (χ2v) is 3.70. The molecule has 0 fully saturated rings. The number of aromatic nitrogens is 2. The van der Waals surface area contributed by atoms with Gasteiger partial charge in [-0.2, -0.15) is 10.4 Å². The molecule has 0 saturated heterocycles. The fraction of sp³-hybridized carbons (Fsp3) is 0.600. The van der Waals surface area contributed by atoms with Gasteiger partial charge in [0.25, 0.3) is 0 Å². The summed E-state index contributed by atoms with van der Waals surface area (Å²) < 4.78 is 1.91. The number of rotatable bonds is 4. The molecule has 1 aromatic rings. The molecule has 0 spiro atoms. The van der Waals surface area contributed by atoms with E-state index in [1.165, 1.54) is 0 Å². The highest BCUT2D eigenvalue weighted by Gasteiger charge is 2.07. The number of nitriles is 1. The summed E-state index contributed by atoms with van der Waals surface area (Å²) in [6.45, 7) is 4.72. The van der Waals surface area contributed by atoms with Crippen LogP contribution in [-0.2, 0) is 6.54 Å². The van der Waals surface area contributed by atoms with Gasteiger partial charge in [0.15, 0.2) is 0 Å². The molecule has 3 nitrogen and oxygen atoms in total. The molecule has 0 aliphatic heterocycles. The third kappa shape index (κ3) is 2.49. The monoisotopic (exact) mass is 211 g/mol. The van der Waals surface area contributed by atoms with Crippen LogP contribution in [0.25, 0.3) is 0 Å². The van der Waals surface area contributed by atoms with Gasteiger partial charge in [-0.25, -0.2) is 0 Å². The maximum atomic E-state index is 8.37. The van der Waals surface area contributed by atoms with E-state index in [4.69, 9.17) is 16.9 Å². The van der Waals surface area contributed by atoms with Crippen LogP contribution in [0.1, 0.15) is 30.7 Å². The first-order chi connectivity index (χ1) is 6.66. The molecule has 1 aromatic heterocycles. The largest absolute Gasteiger partial charge is 0.268 e. The van der Waals surface area contributed by atoms with Crippen LogP contribution in [0.3, 0.4) is 0 Å². The van der Waals surface area contributed by atoms with Gasteiger partial charge in [-0.3, -0.25) is 4.68 Å². The van der Waals surface area contributed by atoms with Gasteiger partial charge < -0.3 is 0 Å². The summed E-state index contributed by atoms with van der Waals surface area (Å²) in [5, 5.41) is 13.4. The Hall–Kier alpha value is -1.01. The molecule has 0 unspecified atom stereocenters. The van der Waals surface area contributed by atoms with E-state index in [0.29, 0.717) is 6.42 Å². The van der Waals surface area contributed by atoms with Gasteiger partial charge in [0.05, 0.1) is 22.5 Å². The van der Waals surface area contributed by atoms with Gasteiger partial charge in [-0.15, -0.1) is 0 Å². The number of hydrogen-bond acceptors (Lipinski definition) is 2. The van der Waals surface area contributed by atoms with E-state index in [9.17, 15) is 0 Å². The fourth-order valence-electron chi connectivity index (χ4n) is 1.36. The second kappa shape index (κ2) is 5.02.